The zero-order valence-electron chi connectivity index (χ0n) is 24.5. The van der Waals surface area contributed by atoms with Crippen LogP contribution in [0.15, 0.2) is 42.2 Å². The zero-order valence-corrected chi connectivity index (χ0v) is 24.5. The van der Waals surface area contributed by atoms with Gasteiger partial charge in [0, 0.05) is 6.42 Å². The van der Waals surface area contributed by atoms with Crippen LogP contribution in [0.4, 0.5) is 0 Å². The SMILES string of the molecule is C1CCC(CCNCCC2CCCCC2)CC1.CC/C=C(\CC1CCCC(c2ccccc2)C1)OCC. The van der Waals surface area contributed by atoms with Crippen LogP contribution in [0.3, 0.4) is 0 Å². The maximum absolute atomic E-state index is 5.79. The summed E-state index contributed by atoms with van der Waals surface area (Å²) in [6.45, 7) is 7.61. The molecule has 0 radical (unpaired) electrons. The lowest BCUT2D eigenvalue weighted by Crippen LogP contribution is -2.22. The Morgan fingerprint density at radius 1 is 0.757 bits per heavy atom. The molecule has 1 aromatic carbocycles. The van der Waals surface area contributed by atoms with Crippen LogP contribution in [-0.2, 0) is 4.74 Å². The Bertz CT molecular complexity index is 681. The third-order valence-electron chi connectivity index (χ3n) is 9.21. The van der Waals surface area contributed by atoms with Gasteiger partial charge in [0.05, 0.1) is 12.4 Å². The van der Waals surface area contributed by atoms with Crippen molar-refractivity contribution in [2.45, 2.75) is 135 Å². The highest BCUT2D eigenvalue weighted by atomic mass is 16.5. The van der Waals surface area contributed by atoms with Gasteiger partial charge in [-0.15, -0.1) is 0 Å². The number of hydrogen-bond donors (Lipinski definition) is 1. The minimum absolute atomic E-state index is 0.749. The van der Waals surface area contributed by atoms with Crippen molar-refractivity contribution in [1.29, 1.82) is 0 Å². The number of hydrogen-bond acceptors (Lipinski definition) is 2. The van der Waals surface area contributed by atoms with E-state index in [1.165, 1.54) is 127 Å². The second-order valence-electron chi connectivity index (χ2n) is 12.2. The van der Waals surface area contributed by atoms with Crippen LogP contribution in [0, 0.1) is 17.8 Å². The van der Waals surface area contributed by atoms with Gasteiger partial charge in [-0.3, -0.25) is 0 Å². The van der Waals surface area contributed by atoms with E-state index in [-0.39, 0.29) is 0 Å². The summed E-state index contributed by atoms with van der Waals surface area (Å²) in [6, 6.07) is 11.0. The van der Waals surface area contributed by atoms with Gasteiger partial charge in [0.25, 0.3) is 0 Å². The third kappa shape index (κ3) is 12.4. The highest BCUT2D eigenvalue weighted by Gasteiger charge is 2.24. The van der Waals surface area contributed by atoms with Crippen molar-refractivity contribution in [2.75, 3.05) is 19.7 Å². The molecule has 3 fully saturated rings. The first-order valence-corrected chi connectivity index (χ1v) is 16.4. The average molecular weight is 510 g/mol. The molecule has 3 aliphatic rings. The van der Waals surface area contributed by atoms with Crippen LogP contribution >= 0.6 is 0 Å². The summed E-state index contributed by atoms with van der Waals surface area (Å²) in [4.78, 5) is 0. The fourth-order valence-electron chi connectivity index (χ4n) is 7.09. The van der Waals surface area contributed by atoms with Crippen molar-refractivity contribution in [3.05, 3.63) is 47.7 Å². The Kier molecular flexibility index (Phi) is 15.4. The summed E-state index contributed by atoms with van der Waals surface area (Å²) < 4.78 is 5.79. The standard InChI is InChI=1S/C19H28O.C16H31N/c1-3-9-19(20-4-2)15-16-10-8-13-18(14-16)17-11-6-5-7-12-17;1-3-7-15(8-4-1)11-13-17-14-12-16-9-5-2-6-10-16/h5-7,9,11-12,16,18H,3-4,8,10,13-15H2,1-2H3;15-17H,1-14H2/b19-9+;. The van der Waals surface area contributed by atoms with Gasteiger partial charge in [-0.1, -0.05) is 108 Å². The predicted octanol–water partition coefficient (Wildman–Crippen LogP) is 10.2. The van der Waals surface area contributed by atoms with Crippen LogP contribution < -0.4 is 5.32 Å². The second-order valence-corrected chi connectivity index (χ2v) is 12.2. The molecule has 2 atom stereocenters. The Morgan fingerprint density at radius 3 is 1.92 bits per heavy atom. The zero-order chi connectivity index (χ0) is 26.0. The molecule has 3 saturated carbocycles. The van der Waals surface area contributed by atoms with Crippen molar-refractivity contribution in [3.63, 3.8) is 0 Å². The molecule has 0 spiro atoms. The molecule has 2 heteroatoms. The third-order valence-corrected chi connectivity index (χ3v) is 9.21. The molecule has 0 saturated heterocycles. The number of allylic oxidation sites excluding steroid dienone is 2. The smallest absolute Gasteiger partial charge is 0.0922 e. The maximum Gasteiger partial charge on any atom is 0.0922 e. The summed E-state index contributed by atoms with van der Waals surface area (Å²) in [5, 5.41) is 3.68. The van der Waals surface area contributed by atoms with E-state index in [0.29, 0.717) is 0 Å². The number of nitrogens with one attached hydrogen (secondary N) is 1. The monoisotopic (exact) mass is 509 g/mol. The lowest BCUT2D eigenvalue weighted by atomic mass is 9.76. The van der Waals surface area contributed by atoms with Crippen LogP contribution in [0.25, 0.3) is 0 Å². The molecule has 2 unspecified atom stereocenters. The van der Waals surface area contributed by atoms with Gasteiger partial charge in [0.15, 0.2) is 0 Å². The molecule has 0 amide bonds. The molecular weight excluding hydrogens is 450 g/mol. The van der Waals surface area contributed by atoms with E-state index in [1.807, 2.05) is 0 Å². The molecule has 0 heterocycles. The van der Waals surface area contributed by atoms with E-state index in [2.05, 4.69) is 55.6 Å². The minimum Gasteiger partial charge on any atom is -0.499 e. The minimum atomic E-state index is 0.749. The van der Waals surface area contributed by atoms with Crippen LogP contribution in [0.5, 0.6) is 0 Å². The summed E-state index contributed by atoms with van der Waals surface area (Å²) in [5.74, 6) is 4.85. The molecule has 2 nitrogen and oxygen atoms in total. The normalized spacial score (nSPS) is 23.8. The van der Waals surface area contributed by atoms with Crippen LogP contribution in [-0.4, -0.2) is 19.7 Å². The predicted molar refractivity (Wildman–Crippen MR) is 161 cm³/mol. The number of benzene rings is 1. The summed E-state index contributed by atoms with van der Waals surface area (Å²) in [7, 11) is 0. The van der Waals surface area contributed by atoms with Gasteiger partial charge >= 0.3 is 0 Å². The maximum atomic E-state index is 5.79. The molecule has 0 aliphatic heterocycles. The molecular formula is C35H59NO. The second kappa shape index (κ2) is 18.9. The number of ether oxygens (including phenoxy) is 1. The van der Waals surface area contributed by atoms with Gasteiger partial charge in [-0.05, 0) is 93.8 Å². The van der Waals surface area contributed by atoms with Crippen LogP contribution in [0.1, 0.15) is 141 Å². The largest absolute Gasteiger partial charge is 0.499 e. The van der Waals surface area contributed by atoms with E-state index in [4.69, 9.17) is 4.74 Å². The van der Waals surface area contributed by atoms with Gasteiger partial charge in [-0.25, -0.2) is 0 Å². The topological polar surface area (TPSA) is 21.3 Å². The van der Waals surface area contributed by atoms with Crippen molar-refractivity contribution >= 4 is 0 Å². The summed E-state index contributed by atoms with van der Waals surface area (Å²) in [5.41, 5.74) is 1.52. The van der Waals surface area contributed by atoms with Gasteiger partial charge in [-0.2, -0.15) is 0 Å². The highest BCUT2D eigenvalue weighted by molar-refractivity contribution is 5.20. The first-order valence-electron chi connectivity index (χ1n) is 16.4. The molecule has 210 valence electrons. The Labute approximate surface area is 230 Å². The first kappa shape index (κ1) is 30.3. The van der Waals surface area contributed by atoms with Gasteiger partial charge in [0.2, 0.25) is 0 Å². The lowest BCUT2D eigenvalue weighted by molar-refractivity contribution is 0.191. The molecule has 0 aromatic heterocycles. The van der Waals surface area contributed by atoms with E-state index in [9.17, 15) is 0 Å². The van der Waals surface area contributed by atoms with E-state index in [0.717, 1.165) is 43.1 Å². The average Bonchev–Trinajstić information content (AvgIpc) is 2.95. The van der Waals surface area contributed by atoms with E-state index in [1.54, 1.807) is 0 Å². The van der Waals surface area contributed by atoms with Crippen molar-refractivity contribution in [3.8, 4) is 0 Å². The molecule has 1 N–H and O–H groups in total. The van der Waals surface area contributed by atoms with Crippen molar-refractivity contribution < 1.29 is 4.74 Å². The molecule has 1 aromatic rings. The Morgan fingerprint density at radius 2 is 1.35 bits per heavy atom. The summed E-state index contributed by atoms with van der Waals surface area (Å²) >= 11 is 0. The fourth-order valence-corrected chi connectivity index (χ4v) is 7.09. The highest BCUT2D eigenvalue weighted by Crippen LogP contribution is 2.38. The Balaban J connectivity index is 0.000000208. The lowest BCUT2D eigenvalue weighted by Gasteiger charge is -2.30. The van der Waals surface area contributed by atoms with Gasteiger partial charge in [0.1, 0.15) is 0 Å². The number of rotatable bonds is 12. The fraction of sp³-hybridized carbons (Fsp3) is 0.771. The molecule has 37 heavy (non-hydrogen) atoms. The van der Waals surface area contributed by atoms with Crippen molar-refractivity contribution in [1.82, 2.24) is 5.32 Å². The van der Waals surface area contributed by atoms with E-state index < -0.39 is 0 Å². The van der Waals surface area contributed by atoms with Crippen LogP contribution in [0.2, 0.25) is 0 Å². The van der Waals surface area contributed by atoms with E-state index >= 15 is 0 Å². The first-order chi connectivity index (χ1) is 18.3. The quantitative estimate of drug-likeness (QED) is 0.223. The summed E-state index contributed by atoms with van der Waals surface area (Å²) in [6.07, 6.45) is 27.7. The molecule has 4 rings (SSSR count). The molecule has 0 bridgehead atoms. The Hall–Kier alpha value is -1.28. The van der Waals surface area contributed by atoms with Gasteiger partial charge < -0.3 is 10.1 Å². The van der Waals surface area contributed by atoms with Crippen molar-refractivity contribution in [2.24, 2.45) is 17.8 Å². The molecule has 3 aliphatic carbocycles.